The number of rotatable bonds is 4. The number of hydrogen-bond acceptors (Lipinski definition) is 6. The number of phenols is 2. The predicted molar refractivity (Wildman–Crippen MR) is 59.6 cm³/mol. The zero-order valence-corrected chi connectivity index (χ0v) is 9.54. The maximum Gasteiger partial charge on any atom is 0.325 e. The average molecular weight is 241 g/mol. The highest BCUT2D eigenvalue weighted by molar-refractivity contribution is 5.76. The number of ether oxygens (including phenoxy) is 1. The van der Waals surface area contributed by atoms with Gasteiger partial charge in [-0.25, -0.2) is 0 Å². The molecule has 17 heavy (non-hydrogen) atoms. The van der Waals surface area contributed by atoms with Crippen molar-refractivity contribution in [2.75, 3.05) is 14.2 Å². The number of aliphatic hydroxyl groups excluding tert-OH is 1. The van der Waals surface area contributed by atoms with Crippen LogP contribution in [0.4, 0.5) is 0 Å². The monoisotopic (exact) mass is 241 g/mol. The Morgan fingerprint density at radius 1 is 1.35 bits per heavy atom. The van der Waals surface area contributed by atoms with Gasteiger partial charge in [-0.05, 0) is 24.7 Å². The van der Waals surface area contributed by atoms with E-state index in [0.29, 0.717) is 5.56 Å². The Kier molecular flexibility index (Phi) is 4.30. The highest BCUT2D eigenvalue weighted by atomic mass is 16.5. The molecule has 1 aromatic rings. The van der Waals surface area contributed by atoms with Crippen LogP contribution in [0.25, 0.3) is 0 Å². The average Bonchev–Trinajstić information content (AvgIpc) is 2.33. The Bertz CT molecular complexity index is 407. The van der Waals surface area contributed by atoms with Crippen molar-refractivity contribution in [3.05, 3.63) is 23.8 Å². The molecule has 1 aromatic carbocycles. The fraction of sp³-hybridized carbons (Fsp3) is 0.364. The second-order valence-corrected chi connectivity index (χ2v) is 3.48. The van der Waals surface area contributed by atoms with E-state index in [-0.39, 0.29) is 11.5 Å². The van der Waals surface area contributed by atoms with Crippen molar-refractivity contribution in [1.82, 2.24) is 5.32 Å². The Hall–Kier alpha value is -1.79. The topological polar surface area (TPSA) is 99.0 Å². The van der Waals surface area contributed by atoms with E-state index in [1.807, 2.05) is 0 Å². The lowest BCUT2D eigenvalue weighted by molar-refractivity contribution is -0.146. The van der Waals surface area contributed by atoms with Gasteiger partial charge in [0.15, 0.2) is 11.5 Å². The molecule has 0 fully saturated rings. The van der Waals surface area contributed by atoms with Crippen molar-refractivity contribution in [2.45, 2.75) is 12.1 Å². The third-order valence-electron chi connectivity index (χ3n) is 2.42. The van der Waals surface area contributed by atoms with Crippen LogP contribution in [0.3, 0.4) is 0 Å². The molecule has 0 bridgehead atoms. The van der Waals surface area contributed by atoms with Crippen molar-refractivity contribution in [1.29, 1.82) is 0 Å². The molecule has 0 saturated heterocycles. The molecular formula is C11H15NO5. The molecule has 6 heteroatoms. The minimum absolute atomic E-state index is 0.292. The van der Waals surface area contributed by atoms with Gasteiger partial charge in [-0.1, -0.05) is 6.07 Å². The SMILES string of the molecule is CNC(C(=O)OC)C(O)c1ccc(O)c(O)c1. The van der Waals surface area contributed by atoms with E-state index in [9.17, 15) is 15.0 Å². The Balaban J connectivity index is 2.97. The summed E-state index contributed by atoms with van der Waals surface area (Å²) in [4.78, 5) is 11.4. The molecule has 0 aliphatic rings. The lowest BCUT2D eigenvalue weighted by atomic mass is 10.0. The number of methoxy groups -OCH3 is 1. The second-order valence-electron chi connectivity index (χ2n) is 3.48. The van der Waals surface area contributed by atoms with Gasteiger partial charge in [0.25, 0.3) is 0 Å². The second kappa shape index (κ2) is 5.51. The van der Waals surface area contributed by atoms with Crippen molar-refractivity contribution < 1.29 is 24.9 Å². The number of nitrogens with one attached hydrogen (secondary N) is 1. The van der Waals surface area contributed by atoms with Gasteiger partial charge in [0.2, 0.25) is 0 Å². The number of aliphatic hydroxyl groups is 1. The Morgan fingerprint density at radius 2 is 2.00 bits per heavy atom. The summed E-state index contributed by atoms with van der Waals surface area (Å²) in [6, 6.07) is 2.89. The molecule has 0 amide bonds. The highest BCUT2D eigenvalue weighted by Gasteiger charge is 2.27. The lowest BCUT2D eigenvalue weighted by Gasteiger charge is -2.20. The molecule has 0 aromatic heterocycles. The van der Waals surface area contributed by atoms with Crippen LogP contribution in [0, 0.1) is 0 Å². The minimum atomic E-state index is -1.18. The molecule has 2 unspecified atom stereocenters. The molecule has 0 aliphatic carbocycles. The number of carbonyl (C=O) groups is 1. The lowest BCUT2D eigenvalue weighted by Crippen LogP contribution is -2.40. The van der Waals surface area contributed by atoms with Gasteiger partial charge in [-0.2, -0.15) is 0 Å². The van der Waals surface area contributed by atoms with Crippen LogP contribution in [0.1, 0.15) is 11.7 Å². The molecule has 0 heterocycles. The molecule has 6 nitrogen and oxygen atoms in total. The van der Waals surface area contributed by atoms with Gasteiger partial charge in [-0.3, -0.25) is 4.79 Å². The molecule has 4 N–H and O–H groups in total. The number of carbonyl (C=O) groups excluding carboxylic acids is 1. The molecular weight excluding hydrogens is 226 g/mol. The zero-order valence-electron chi connectivity index (χ0n) is 9.54. The Labute approximate surface area is 98.5 Å². The van der Waals surface area contributed by atoms with Crippen LogP contribution in [-0.4, -0.2) is 41.5 Å². The van der Waals surface area contributed by atoms with E-state index in [1.54, 1.807) is 0 Å². The summed E-state index contributed by atoms with van der Waals surface area (Å²) in [6.07, 6.45) is -1.18. The fourth-order valence-corrected chi connectivity index (χ4v) is 1.45. The van der Waals surface area contributed by atoms with Crippen LogP contribution in [0.2, 0.25) is 0 Å². The number of phenolic OH excluding ortho intramolecular Hbond substituents is 2. The molecule has 1 rings (SSSR count). The number of esters is 1. The first-order valence-electron chi connectivity index (χ1n) is 4.96. The summed E-state index contributed by atoms with van der Waals surface area (Å²) in [7, 11) is 2.72. The van der Waals surface area contributed by atoms with E-state index in [0.717, 1.165) is 0 Å². The maximum absolute atomic E-state index is 11.4. The van der Waals surface area contributed by atoms with Gasteiger partial charge in [0.1, 0.15) is 12.1 Å². The van der Waals surface area contributed by atoms with Crippen molar-refractivity contribution >= 4 is 5.97 Å². The number of likely N-dealkylation sites (N-methyl/N-ethyl adjacent to an activating group) is 1. The summed E-state index contributed by atoms with van der Waals surface area (Å²) in [5.74, 6) is -1.27. The van der Waals surface area contributed by atoms with E-state index >= 15 is 0 Å². The maximum atomic E-state index is 11.4. The first kappa shape index (κ1) is 13.3. The van der Waals surface area contributed by atoms with Gasteiger partial charge in [-0.15, -0.1) is 0 Å². The van der Waals surface area contributed by atoms with Crippen LogP contribution >= 0.6 is 0 Å². The normalized spacial score (nSPS) is 14.1. The molecule has 0 aliphatic heterocycles. The highest BCUT2D eigenvalue weighted by Crippen LogP contribution is 2.29. The number of benzene rings is 1. The largest absolute Gasteiger partial charge is 0.504 e. The smallest absolute Gasteiger partial charge is 0.325 e. The van der Waals surface area contributed by atoms with Crippen LogP contribution in [-0.2, 0) is 9.53 Å². The summed E-state index contributed by atoms with van der Waals surface area (Å²) in [5.41, 5.74) is 0.296. The van der Waals surface area contributed by atoms with Crippen LogP contribution in [0.15, 0.2) is 18.2 Å². The third kappa shape index (κ3) is 2.86. The van der Waals surface area contributed by atoms with Gasteiger partial charge in [0, 0.05) is 0 Å². The molecule has 0 saturated carbocycles. The molecule has 2 atom stereocenters. The number of hydrogen-bond donors (Lipinski definition) is 4. The van der Waals surface area contributed by atoms with Crippen molar-refractivity contribution in [3.8, 4) is 11.5 Å². The van der Waals surface area contributed by atoms with Gasteiger partial charge < -0.3 is 25.4 Å². The summed E-state index contributed by atoms with van der Waals surface area (Å²) >= 11 is 0. The standard InChI is InChI=1S/C11H15NO5/c1-12-9(11(16)17-2)10(15)6-3-4-7(13)8(14)5-6/h3-5,9-10,12-15H,1-2H3. The van der Waals surface area contributed by atoms with E-state index < -0.39 is 18.1 Å². The number of aromatic hydroxyl groups is 2. The first-order valence-corrected chi connectivity index (χ1v) is 4.96. The van der Waals surface area contributed by atoms with E-state index in [1.165, 1.54) is 32.4 Å². The zero-order chi connectivity index (χ0) is 13.0. The summed E-state index contributed by atoms with van der Waals surface area (Å²) in [6.45, 7) is 0. The minimum Gasteiger partial charge on any atom is -0.504 e. The summed E-state index contributed by atoms with van der Waals surface area (Å²) in [5, 5.41) is 31.0. The van der Waals surface area contributed by atoms with Gasteiger partial charge >= 0.3 is 5.97 Å². The van der Waals surface area contributed by atoms with Crippen LogP contribution in [0.5, 0.6) is 11.5 Å². The van der Waals surface area contributed by atoms with Gasteiger partial charge in [0.05, 0.1) is 7.11 Å². The fourth-order valence-electron chi connectivity index (χ4n) is 1.45. The van der Waals surface area contributed by atoms with E-state index in [2.05, 4.69) is 10.1 Å². The van der Waals surface area contributed by atoms with E-state index in [4.69, 9.17) is 5.11 Å². The predicted octanol–water partition coefficient (Wildman–Crippen LogP) is -0.108. The van der Waals surface area contributed by atoms with Crippen LogP contribution < -0.4 is 5.32 Å². The molecule has 0 spiro atoms. The third-order valence-corrected chi connectivity index (χ3v) is 2.42. The first-order chi connectivity index (χ1) is 8.01. The molecule has 94 valence electrons. The van der Waals surface area contributed by atoms with Crippen molar-refractivity contribution in [2.24, 2.45) is 0 Å². The quantitative estimate of drug-likeness (QED) is 0.434. The summed E-state index contributed by atoms with van der Waals surface area (Å²) < 4.78 is 4.53. The molecule has 0 radical (unpaired) electrons. The Morgan fingerprint density at radius 3 is 2.47 bits per heavy atom. The van der Waals surface area contributed by atoms with Crippen molar-refractivity contribution in [3.63, 3.8) is 0 Å².